The Balaban J connectivity index is 1.78. The highest BCUT2D eigenvalue weighted by Gasteiger charge is 2.27. The summed E-state index contributed by atoms with van der Waals surface area (Å²) in [6.45, 7) is 7.12. The SMILES string of the molecule is CC(C)NC(=O)NC(=O)C(C)N1CCC(Cc2cccc(F)c2)CC1. The van der Waals surface area contributed by atoms with Crippen LogP contribution < -0.4 is 10.6 Å². The zero-order chi connectivity index (χ0) is 18.4. The van der Waals surface area contributed by atoms with Gasteiger partial charge in [0.25, 0.3) is 0 Å². The second-order valence-corrected chi connectivity index (χ2v) is 7.11. The molecule has 1 aliphatic rings. The molecule has 0 saturated carbocycles. The first-order valence-electron chi connectivity index (χ1n) is 8.95. The van der Waals surface area contributed by atoms with Gasteiger partial charge < -0.3 is 5.32 Å². The van der Waals surface area contributed by atoms with Crippen LogP contribution in [0.15, 0.2) is 24.3 Å². The summed E-state index contributed by atoms with van der Waals surface area (Å²) in [6, 6.07) is 5.95. The number of urea groups is 1. The summed E-state index contributed by atoms with van der Waals surface area (Å²) >= 11 is 0. The predicted molar refractivity (Wildman–Crippen MR) is 95.7 cm³/mol. The Kier molecular flexibility index (Phi) is 6.93. The minimum Gasteiger partial charge on any atom is -0.336 e. The fourth-order valence-corrected chi connectivity index (χ4v) is 3.22. The van der Waals surface area contributed by atoms with Gasteiger partial charge >= 0.3 is 6.03 Å². The van der Waals surface area contributed by atoms with Crippen LogP contribution in [0.4, 0.5) is 9.18 Å². The van der Waals surface area contributed by atoms with Crippen molar-refractivity contribution >= 4 is 11.9 Å². The van der Waals surface area contributed by atoms with E-state index in [1.807, 2.05) is 26.8 Å². The molecule has 1 atom stereocenters. The average Bonchev–Trinajstić information content (AvgIpc) is 2.54. The molecule has 1 aliphatic heterocycles. The van der Waals surface area contributed by atoms with E-state index in [4.69, 9.17) is 0 Å². The maximum atomic E-state index is 13.3. The molecule has 0 aliphatic carbocycles. The molecule has 1 aromatic carbocycles. The number of likely N-dealkylation sites (tertiary alicyclic amines) is 1. The lowest BCUT2D eigenvalue weighted by Gasteiger charge is -2.35. The smallest absolute Gasteiger partial charge is 0.321 e. The summed E-state index contributed by atoms with van der Waals surface area (Å²) in [5, 5.41) is 5.04. The van der Waals surface area contributed by atoms with Gasteiger partial charge in [-0.1, -0.05) is 12.1 Å². The number of nitrogens with zero attached hydrogens (tertiary/aromatic N) is 1. The van der Waals surface area contributed by atoms with E-state index < -0.39 is 6.03 Å². The highest BCUT2D eigenvalue weighted by Crippen LogP contribution is 2.23. The maximum absolute atomic E-state index is 13.3. The lowest BCUT2D eigenvalue weighted by atomic mass is 9.89. The summed E-state index contributed by atoms with van der Waals surface area (Å²) < 4.78 is 13.3. The minimum absolute atomic E-state index is 0.0123. The Morgan fingerprint density at radius 2 is 1.92 bits per heavy atom. The van der Waals surface area contributed by atoms with Crippen molar-refractivity contribution in [2.75, 3.05) is 13.1 Å². The Bertz CT molecular complexity index is 598. The van der Waals surface area contributed by atoms with E-state index in [1.54, 1.807) is 12.1 Å². The molecule has 2 rings (SSSR count). The van der Waals surface area contributed by atoms with Gasteiger partial charge in [0.2, 0.25) is 5.91 Å². The number of piperidine rings is 1. The van der Waals surface area contributed by atoms with E-state index in [9.17, 15) is 14.0 Å². The Labute approximate surface area is 149 Å². The molecule has 2 N–H and O–H groups in total. The molecular formula is C19H28FN3O2. The van der Waals surface area contributed by atoms with Crippen molar-refractivity contribution in [2.45, 2.75) is 52.1 Å². The summed E-state index contributed by atoms with van der Waals surface area (Å²) in [7, 11) is 0. The van der Waals surface area contributed by atoms with Crippen molar-refractivity contribution in [1.82, 2.24) is 15.5 Å². The Hall–Kier alpha value is -1.95. The van der Waals surface area contributed by atoms with Crippen LogP contribution in [-0.4, -0.2) is 42.0 Å². The fraction of sp³-hybridized carbons (Fsp3) is 0.579. The van der Waals surface area contributed by atoms with Crippen LogP contribution in [-0.2, 0) is 11.2 Å². The molecule has 0 radical (unpaired) electrons. The molecule has 138 valence electrons. The number of imide groups is 1. The fourth-order valence-electron chi connectivity index (χ4n) is 3.22. The quantitative estimate of drug-likeness (QED) is 0.859. The molecule has 1 fully saturated rings. The molecule has 0 spiro atoms. The van der Waals surface area contributed by atoms with E-state index in [-0.39, 0.29) is 23.8 Å². The number of amides is 3. The van der Waals surface area contributed by atoms with E-state index in [1.165, 1.54) is 6.07 Å². The number of rotatable bonds is 5. The number of carbonyl (C=O) groups is 2. The van der Waals surface area contributed by atoms with Crippen LogP contribution in [0.3, 0.4) is 0 Å². The highest BCUT2D eigenvalue weighted by molar-refractivity contribution is 5.96. The third-order valence-corrected chi connectivity index (χ3v) is 4.65. The largest absolute Gasteiger partial charge is 0.336 e. The second kappa shape index (κ2) is 8.94. The van der Waals surface area contributed by atoms with Gasteiger partial charge in [0.15, 0.2) is 0 Å². The third-order valence-electron chi connectivity index (χ3n) is 4.65. The molecule has 25 heavy (non-hydrogen) atoms. The molecule has 0 aromatic heterocycles. The topological polar surface area (TPSA) is 61.4 Å². The monoisotopic (exact) mass is 349 g/mol. The number of benzene rings is 1. The lowest BCUT2D eigenvalue weighted by Crippen LogP contribution is -2.52. The molecule has 1 heterocycles. The van der Waals surface area contributed by atoms with Crippen molar-refractivity contribution in [2.24, 2.45) is 5.92 Å². The highest BCUT2D eigenvalue weighted by atomic mass is 19.1. The Morgan fingerprint density at radius 3 is 2.52 bits per heavy atom. The van der Waals surface area contributed by atoms with Crippen LogP contribution in [0.2, 0.25) is 0 Å². The van der Waals surface area contributed by atoms with Crippen LogP contribution in [0.5, 0.6) is 0 Å². The standard InChI is InChI=1S/C19H28FN3O2/c1-13(2)21-19(25)22-18(24)14(3)23-9-7-15(8-10-23)11-16-5-4-6-17(20)12-16/h4-6,12-15H,7-11H2,1-3H3,(H2,21,22,24,25). The number of carbonyl (C=O) groups excluding carboxylic acids is 2. The summed E-state index contributed by atoms with van der Waals surface area (Å²) in [5.74, 6) is 0.0270. The van der Waals surface area contributed by atoms with Crippen molar-refractivity contribution < 1.29 is 14.0 Å². The van der Waals surface area contributed by atoms with Crippen LogP contribution >= 0.6 is 0 Å². The van der Waals surface area contributed by atoms with E-state index >= 15 is 0 Å². The maximum Gasteiger partial charge on any atom is 0.321 e. The molecule has 1 aromatic rings. The van der Waals surface area contributed by atoms with Crippen LogP contribution in [0.1, 0.15) is 39.2 Å². The molecular weight excluding hydrogens is 321 g/mol. The van der Waals surface area contributed by atoms with E-state index in [0.717, 1.165) is 37.9 Å². The minimum atomic E-state index is -0.451. The van der Waals surface area contributed by atoms with Gasteiger partial charge in [0.05, 0.1) is 6.04 Å². The molecule has 5 nitrogen and oxygen atoms in total. The van der Waals surface area contributed by atoms with Gasteiger partial charge in [-0.05, 0) is 76.7 Å². The van der Waals surface area contributed by atoms with Crippen molar-refractivity contribution in [3.05, 3.63) is 35.6 Å². The van der Waals surface area contributed by atoms with Gasteiger partial charge in [-0.15, -0.1) is 0 Å². The summed E-state index contributed by atoms with van der Waals surface area (Å²) in [4.78, 5) is 25.9. The lowest BCUT2D eigenvalue weighted by molar-refractivity contribution is -0.125. The number of hydrogen-bond acceptors (Lipinski definition) is 3. The average molecular weight is 349 g/mol. The molecule has 1 saturated heterocycles. The number of halogens is 1. The predicted octanol–water partition coefficient (Wildman–Crippen LogP) is 2.70. The van der Waals surface area contributed by atoms with Gasteiger partial charge in [0, 0.05) is 6.04 Å². The van der Waals surface area contributed by atoms with Crippen LogP contribution in [0.25, 0.3) is 0 Å². The van der Waals surface area contributed by atoms with E-state index in [2.05, 4.69) is 15.5 Å². The summed E-state index contributed by atoms with van der Waals surface area (Å²) in [6.07, 6.45) is 2.79. The van der Waals surface area contributed by atoms with Gasteiger partial charge in [0.1, 0.15) is 5.82 Å². The zero-order valence-corrected chi connectivity index (χ0v) is 15.2. The van der Waals surface area contributed by atoms with E-state index in [0.29, 0.717) is 5.92 Å². The second-order valence-electron chi connectivity index (χ2n) is 7.11. The third kappa shape index (κ3) is 6.12. The van der Waals surface area contributed by atoms with Crippen molar-refractivity contribution in [3.63, 3.8) is 0 Å². The molecule has 6 heteroatoms. The molecule has 1 unspecified atom stereocenters. The zero-order valence-electron chi connectivity index (χ0n) is 15.2. The van der Waals surface area contributed by atoms with Crippen LogP contribution in [0, 0.1) is 11.7 Å². The van der Waals surface area contributed by atoms with Gasteiger partial charge in [-0.3, -0.25) is 15.0 Å². The Morgan fingerprint density at radius 1 is 1.24 bits per heavy atom. The normalized spacial score (nSPS) is 17.3. The first-order chi connectivity index (χ1) is 11.8. The summed E-state index contributed by atoms with van der Waals surface area (Å²) in [5.41, 5.74) is 1.02. The number of hydrogen-bond donors (Lipinski definition) is 2. The van der Waals surface area contributed by atoms with Gasteiger partial charge in [-0.25, -0.2) is 9.18 Å². The van der Waals surface area contributed by atoms with Crippen molar-refractivity contribution in [1.29, 1.82) is 0 Å². The molecule has 0 bridgehead atoms. The first kappa shape index (κ1) is 19.4. The molecule has 3 amide bonds. The number of nitrogens with one attached hydrogen (secondary N) is 2. The first-order valence-corrected chi connectivity index (χ1v) is 8.95. The van der Waals surface area contributed by atoms with Gasteiger partial charge in [-0.2, -0.15) is 0 Å². The van der Waals surface area contributed by atoms with Crippen molar-refractivity contribution in [3.8, 4) is 0 Å².